The predicted molar refractivity (Wildman–Crippen MR) is 113 cm³/mol. The Balaban J connectivity index is 1.36. The highest BCUT2D eigenvalue weighted by molar-refractivity contribution is 7.15. The summed E-state index contributed by atoms with van der Waals surface area (Å²) in [7, 11) is 0. The van der Waals surface area contributed by atoms with Crippen LogP contribution in [0.15, 0.2) is 59.5 Å². The molecule has 4 aromatic rings. The molecule has 1 N–H and O–H groups in total. The van der Waals surface area contributed by atoms with Crippen molar-refractivity contribution in [1.82, 2.24) is 20.0 Å². The molecule has 0 saturated carbocycles. The fraction of sp³-hybridized carbons (Fsp3) is 0.150. The van der Waals surface area contributed by atoms with Crippen LogP contribution in [-0.2, 0) is 17.8 Å². The van der Waals surface area contributed by atoms with Gasteiger partial charge in [-0.3, -0.25) is 9.59 Å². The molecule has 4 rings (SSSR count). The molecule has 0 aliphatic rings. The third-order valence-electron chi connectivity index (χ3n) is 4.25. The van der Waals surface area contributed by atoms with Crippen molar-refractivity contribution < 1.29 is 4.79 Å². The summed E-state index contributed by atoms with van der Waals surface area (Å²) in [5.74, 6) is -0.240. The van der Waals surface area contributed by atoms with Gasteiger partial charge in [-0.1, -0.05) is 41.1 Å². The molecule has 2 aromatic heterocycles. The number of anilines is 1. The van der Waals surface area contributed by atoms with Gasteiger partial charge >= 0.3 is 0 Å². The van der Waals surface area contributed by atoms with E-state index in [1.165, 1.54) is 16.0 Å². The summed E-state index contributed by atoms with van der Waals surface area (Å²) in [6.45, 7) is 0.142. The van der Waals surface area contributed by atoms with Crippen LogP contribution in [0.5, 0.6) is 0 Å². The van der Waals surface area contributed by atoms with Crippen LogP contribution in [0.3, 0.4) is 0 Å². The quantitative estimate of drug-likeness (QED) is 0.510. The number of nitrogens with zero attached hydrogens (tertiary/aromatic N) is 4. The molecular weight excluding hydrogens is 410 g/mol. The van der Waals surface area contributed by atoms with Crippen LogP contribution in [0, 0.1) is 0 Å². The molecule has 0 radical (unpaired) electrons. The Labute approximate surface area is 175 Å². The fourth-order valence-corrected chi connectivity index (χ4v) is 3.93. The lowest BCUT2D eigenvalue weighted by Crippen LogP contribution is -2.26. The summed E-state index contributed by atoms with van der Waals surface area (Å²) in [6, 6.07) is 14.6. The molecule has 0 unspecified atom stereocenters. The first-order chi connectivity index (χ1) is 14.1. The van der Waals surface area contributed by atoms with Crippen molar-refractivity contribution in [3.8, 4) is 0 Å². The van der Waals surface area contributed by atoms with Crippen molar-refractivity contribution in [2.45, 2.75) is 19.4 Å². The van der Waals surface area contributed by atoms with Gasteiger partial charge < -0.3 is 5.32 Å². The van der Waals surface area contributed by atoms with E-state index >= 15 is 0 Å². The molecule has 29 heavy (non-hydrogen) atoms. The van der Waals surface area contributed by atoms with Gasteiger partial charge in [0.15, 0.2) is 5.13 Å². The number of halogens is 1. The number of benzene rings is 2. The highest BCUT2D eigenvalue weighted by atomic mass is 35.5. The van der Waals surface area contributed by atoms with E-state index in [0.29, 0.717) is 27.5 Å². The first kappa shape index (κ1) is 19.2. The minimum atomic E-state index is -0.263. The van der Waals surface area contributed by atoms with E-state index in [2.05, 4.69) is 20.6 Å². The molecule has 0 atom stereocenters. The highest BCUT2D eigenvalue weighted by Gasteiger charge is 2.10. The van der Waals surface area contributed by atoms with Gasteiger partial charge in [0.05, 0.1) is 11.9 Å². The molecule has 9 heteroatoms. The van der Waals surface area contributed by atoms with E-state index in [1.807, 2.05) is 24.3 Å². The number of nitrogens with one attached hydrogen (secondary N) is 1. The van der Waals surface area contributed by atoms with Crippen molar-refractivity contribution in [2.24, 2.45) is 0 Å². The zero-order valence-electron chi connectivity index (χ0n) is 15.2. The number of aromatic nitrogens is 4. The van der Waals surface area contributed by atoms with Crippen LogP contribution in [0.4, 0.5) is 5.13 Å². The standard InChI is InChI=1S/C20H16ClN5O2S/c21-14-5-3-4-13(10-14)11-15-12-22-20(29-15)23-18(27)8-9-26-19(28)16-6-1-2-7-17(16)24-25-26/h1-7,10,12H,8-9,11H2,(H,22,23,27). The summed E-state index contributed by atoms with van der Waals surface area (Å²) in [6.07, 6.45) is 2.52. The van der Waals surface area contributed by atoms with E-state index in [4.69, 9.17) is 11.6 Å². The molecular formula is C20H16ClN5O2S. The molecule has 7 nitrogen and oxygen atoms in total. The molecule has 2 aromatic carbocycles. The summed E-state index contributed by atoms with van der Waals surface area (Å²) in [4.78, 5) is 29.9. The topological polar surface area (TPSA) is 89.8 Å². The van der Waals surface area contributed by atoms with Gasteiger partial charge in [-0.2, -0.15) is 0 Å². The molecule has 0 spiro atoms. The van der Waals surface area contributed by atoms with Crippen LogP contribution in [0.2, 0.25) is 5.02 Å². The molecule has 146 valence electrons. The lowest BCUT2D eigenvalue weighted by molar-refractivity contribution is -0.116. The molecule has 2 heterocycles. The number of hydrogen-bond acceptors (Lipinski definition) is 6. The summed E-state index contributed by atoms with van der Waals surface area (Å²) in [5.41, 5.74) is 1.35. The average Bonchev–Trinajstić information content (AvgIpc) is 3.14. The summed E-state index contributed by atoms with van der Waals surface area (Å²) >= 11 is 7.42. The Morgan fingerprint density at radius 2 is 2.03 bits per heavy atom. The Morgan fingerprint density at radius 3 is 2.90 bits per heavy atom. The van der Waals surface area contributed by atoms with Crippen molar-refractivity contribution in [1.29, 1.82) is 0 Å². The van der Waals surface area contributed by atoms with Crippen molar-refractivity contribution in [2.75, 3.05) is 5.32 Å². The summed E-state index contributed by atoms with van der Waals surface area (Å²) in [5, 5.41) is 12.4. The third-order valence-corrected chi connectivity index (χ3v) is 5.40. The van der Waals surface area contributed by atoms with E-state index in [0.717, 1.165) is 10.4 Å². The Kier molecular flexibility index (Phi) is 5.64. The van der Waals surface area contributed by atoms with Gasteiger partial charge in [0.1, 0.15) is 5.52 Å². The minimum absolute atomic E-state index is 0.0934. The number of aryl methyl sites for hydroxylation is 1. The zero-order valence-corrected chi connectivity index (χ0v) is 16.8. The SMILES string of the molecule is O=C(CCn1nnc2ccccc2c1=O)Nc1ncc(Cc2cccc(Cl)c2)s1. The second kappa shape index (κ2) is 8.50. The summed E-state index contributed by atoms with van der Waals surface area (Å²) < 4.78 is 1.20. The number of thiazole rings is 1. The van der Waals surface area contributed by atoms with E-state index < -0.39 is 0 Å². The Hall–Kier alpha value is -3.10. The first-order valence-electron chi connectivity index (χ1n) is 8.90. The third kappa shape index (κ3) is 4.67. The van der Waals surface area contributed by atoms with E-state index in [9.17, 15) is 9.59 Å². The van der Waals surface area contributed by atoms with Crippen molar-refractivity contribution in [3.63, 3.8) is 0 Å². The molecule has 0 aliphatic carbocycles. The van der Waals surface area contributed by atoms with Gasteiger partial charge in [-0.05, 0) is 29.8 Å². The molecule has 0 saturated heterocycles. The second-order valence-corrected chi connectivity index (χ2v) is 7.92. The molecule has 0 fully saturated rings. The van der Waals surface area contributed by atoms with Crippen LogP contribution in [0.1, 0.15) is 16.9 Å². The number of amides is 1. The maximum Gasteiger partial charge on any atom is 0.277 e. The second-order valence-electron chi connectivity index (χ2n) is 6.37. The number of carbonyl (C=O) groups is 1. The van der Waals surface area contributed by atoms with Gasteiger partial charge in [0, 0.05) is 28.9 Å². The van der Waals surface area contributed by atoms with Gasteiger partial charge in [0.2, 0.25) is 5.91 Å². The predicted octanol–water partition coefficient (Wildman–Crippen LogP) is 3.52. The van der Waals surface area contributed by atoms with Crippen LogP contribution in [0.25, 0.3) is 10.9 Å². The van der Waals surface area contributed by atoms with Crippen molar-refractivity contribution in [3.05, 3.63) is 80.5 Å². The van der Waals surface area contributed by atoms with Gasteiger partial charge in [0.25, 0.3) is 5.56 Å². The number of rotatable bonds is 6. The lowest BCUT2D eigenvalue weighted by atomic mass is 10.1. The Bertz CT molecular complexity index is 1240. The number of fused-ring (bicyclic) bond motifs is 1. The first-order valence-corrected chi connectivity index (χ1v) is 10.1. The fourth-order valence-electron chi connectivity index (χ4n) is 2.85. The Morgan fingerprint density at radius 1 is 1.17 bits per heavy atom. The van der Waals surface area contributed by atoms with Gasteiger partial charge in [-0.25, -0.2) is 9.67 Å². The van der Waals surface area contributed by atoms with E-state index in [-0.39, 0.29) is 24.4 Å². The molecule has 1 amide bonds. The smallest absolute Gasteiger partial charge is 0.277 e. The molecule has 0 aliphatic heterocycles. The maximum absolute atomic E-state index is 12.4. The van der Waals surface area contributed by atoms with Crippen LogP contribution >= 0.6 is 22.9 Å². The van der Waals surface area contributed by atoms with Crippen LogP contribution < -0.4 is 10.9 Å². The van der Waals surface area contributed by atoms with E-state index in [1.54, 1.807) is 30.5 Å². The normalized spacial score (nSPS) is 10.9. The van der Waals surface area contributed by atoms with Gasteiger partial charge in [-0.15, -0.1) is 16.4 Å². The number of carbonyl (C=O) groups excluding carboxylic acids is 1. The largest absolute Gasteiger partial charge is 0.302 e. The monoisotopic (exact) mass is 425 g/mol. The van der Waals surface area contributed by atoms with Crippen LogP contribution in [-0.4, -0.2) is 25.9 Å². The lowest BCUT2D eigenvalue weighted by Gasteiger charge is -2.04. The van der Waals surface area contributed by atoms with Crippen molar-refractivity contribution >= 4 is 44.9 Å². The molecule has 0 bridgehead atoms. The minimum Gasteiger partial charge on any atom is -0.302 e. The maximum atomic E-state index is 12.4. The number of hydrogen-bond donors (Lipinski definition) is 1. The average molecular weight is 426 g/mol. The highest BCUT2D eigenvalue weighted by Crippen LogP contribution is 2.22. The zero-order chi connectivity index (χ0) is 20.2.